The van der Waals surface area contributed by atoms with Crippen molar-refractivity contribution >= 4 is 11.9 Å². The van der Waals surface area contributed by atoms with Gasteiger partial charge in [-0.15, -0.1) is 0 Å². The minimum Gasteiger partial charge on any atom is -0.490 e. The van der Waals surface area contributed by atoms with Crippen LogP contribution in [0.1, 0.15) is 37.4 Å². The third-order valence-corrected chi connectivity index (χ3v) is 4.33. The normalized spacial score (nSPS) is 11.4. The number of halogens is 1. The molecule has 2 aromatic rings. The molecule has 1 atom stereocenters. The molecule has 0 spiro atoms. The van der Waals surface area contributed by atoms with E-state index in [1.165, 1.54) is 18.2 Å². The van der Waals surface area contributed by atoms with Gasteiger partial charge in [-0.3, -0.25) is 4.79 Å². The maximum atomic E-state index is 14.1. The predicted octanol–water partition coefficient (Wildman–Crippen LogP) is 3.08. The lowest BCUT2D eigenvalue weighted by atomic mass is 10.0. The van der Waals surface area contributed by atoms with Crippen LogP contribution >= 0.6 is 0 Å². The van der Waals surface area contributed by atoms with E-state index in [-0.39, 0.29) is 17.9 Å². The number of ether oxygens (including phenoxy) is 2. The van der Waals surface area contributed by atoms with Gasteiger partial charge in [-0.25, -0.2) is 9.18 Å². The van der Waals surface area contributed by atoms with Crippen molar-refractivity contribution in [1.82, 2.24) is 10.6 Å². The molecule has 1 unspecified atom stereocenters. The fourth-order valence-electron chi connectivity index (χ4n) is 3.02. The summed E-state index contributed by atoms with van der Waals surface area (Å²) in [6.07, 6.45) is 0.448. The van der Waals surface area contributed by atoms with E-state index in [2.05, 4.69) is 10.6 Å². The Morgan fingerprint density at radius 2 is 1.77 bits per heavy atom. The highest BCUT2D eigenvalue weighted by Crippen LogP contribution is 2.28. The SMILES string of the molecule is CCOc1ccc(CCNC(=O)CC(NC(N)=O)c2ccccc2F)cc1OCC. The van der Waals surface area contributed by atoms with Gasteiger partial charge in [-0.1, -0.05) is 24.3 Å². The molecule has 0 aliphatic heterocycles. The van der Waals surface area contributed by atoms with E-state index in [4.69, 9.17) is 15.2 Å². The van der Waals surface area contributed by atoms with Crippen LogP contribution in [0.4, 0.5) is 9.18 Å². The van der Waals surface area contributed by atoms with E-state index in [1.54, 1.807) is 6.07 Å². The molecule has 0 bridgehead atoms. The molecule has 8 heteroatoms. The Bertz CT molecular complexity index is 860. The number of carbonyl (C=O) groups is 2. The lowest BCUT2D eigenvalue weighted by Crippen LogP contribution is -2.37. The summed E-state index contributed by atoms with van der Waals surface area (Å²) in [6, 6.07) is 9.92. The quantitative estimate of drug-likeness (QED) is 0.523. The van der Waals surface area contributed by atoms with E-state index in [9.17, 15) is 14.0 Å². The molecular weight excluding hydrogens is 389 g/mol. The van der Waals surface area contributed by atoms with Gasteiger partial charge in [0.05, 0.1) is 25.7 Å². The van der Waals surface area contributed by atoms with Crippen LogP contribution in [-0.2, 0) is 11.2 Å². The largest absolute Gasteiger partial charge is 0.490 e. The fraction of sp³-hybridized carbons (Fsp3) is 0.364. The molecule has 3 amide bonds. The van der Waals surface area contributed by atoms with Crippen LogP contribution in [0.3, 0.4) is 0 Å². The van der Waals surface area contributed by atoms with Gasteiger partial charge >= 0.3 is 6.03 Å². The Kier molecular flexibility index (Phi) is 8.93. The number of urea groups is 1. The maximum absolute atomic E-state index is 14.1. The number of amides is 3. The van der Waals surface area contributed by atoms with Crippen molar-refractivity contribution in [2.24, 2.45) is 5.73 Å². The molecular formula is C22H28FN3O4. The number of primary amides is 1. The minimum absolute atomic E-state index is 0.128. The summed E-state index contributed by atoms with van der Waals surface area (Å²) in [5, 5.41) is 5.21. The van der Waals surface area contributed by atoms with Gasteiger partial charge in [-0.05, 0) is 44.0 Å². The van der Waals surface area contributed by atoms with Crippen molar-refractivity contribution in [3.05, 3.63) is 59.4 Å². The monoisotopic (exact) mass is 417 g/mol. The van der Waals surface area contributed by atoms with Crippen LogP contribution < -0.4 is 25.8 Å². The first-order valence-electron chi connectivity index (χ1n) is 9.90. The van der Waals surface area contributed by atoms with Crippen molar-refractivity contribution in [1.29, 1.82) is 0 Å². The number of hydrogen-bond donors (Lipinski definition) is 3. The van der Waals surface area contributed by atoms with Gasteiger partial charge < -0.3 is 25.8 Å². The molecule has 2 rings (SSSR count). The average Bonchev–Trinajstić information content (AvgIpc) is 2.70. The van der Waals surface area contributed by atoms with Gasteiger partial charge in [0, 0.05) is 12.1 Å². The van der Waals surface area contributed by atoms with Crippen LogP contribution in [0.2, 0.25) is 0 Å². The average molecular weight is 417 g/mol. The number of rotatable bonds is 11. The Hall–Kier alpha value is -3.29. The summed E-state index contributed by atoms with van der Waals surface area (Å²) in [5.41, 5.74) is 6.36. The zero-order chi connectivity index (χ0) is 21.9. The van der Waals surface area contributed by atoms with Crippen LogP contribution in [0.15, 0.2) is 42.5 Å². The molecule has 0 aromatic heterocycles. The lowest BCUT2D eigenvalue weighted by molar-refractivity contribution is -0.121. The zero-order valence-electron chi connectivity index (χ0n) is 17.2. The van der Waals surface area contributed by atoms with Gasteiger partial charge in [0.1, 0.15) is 5.82 Å². The van der Waals surface area contributed by atoms with Crippen molar-refractivity contribution < 1.29 is 23.5 Å². The smallest absolute Gasteiger partial charge is 0.312 e. The van der Waals surface area contributed by atoms with E-state index >= 15 is 0 Å². The highest BCUT2D eigenvalue weighted by Gasteiger charge is 2.20. The maximum Gasteiger partial charge on any atom is 0.312 e. The topological polar surface area (TPSA) is 103 Å². The Balaban J connectivity index is 1.95. The molecule has 0 saturated carbocycles. The molecule has 7 nitrogen and oxygen atoms in total. The molecule has 0 fully saturated rings. The van der Waals surface area contributed by atoms with Gasteiger partial charge in [0.2, 0.25) is 5.91 Å². The summed E-state index contributed by atoms with van der Waals surface area (Å²) < 4.78 is 25.2. The van der Waals surface area contributed by atoms with E-state index < -0.39 is 17.9 Å². The molecule has 2 aromatic carbocycles. The molecule has 0 aliphatic carbocycles. The molecule has 162 valence electrons. The Morgan fingerprint density at radius 3 is 2.43 bits per heavy atom. The molecule has 30 heavy (non-hydrogen) atoms. The minimum atomic E-state index is -0.848. The van der Waals surface area contributed by atoms with E-state index in [0.29, 0.717) is 37.7 Å². The van der Waals surface area contributed by atoms with Crippen LogP contribution in [-0.4, -0.2) is 31.7 Å². The van der Waals surface area contributed by atoms with Crippen molar-refractivity contribution in [3.8, 4) is 11.5 Å². The van der Waals surface area contributed by atoms with Crippen molar-refractivity contribution in [2.75, 3.05) is 19.8 Å². The van der Waals surface area contributed by atoms with Gasteiger partial charge in [0.15, 0.2) is 11.5 Å². The first-order chi connectivity index (χ1) is 14.4. The predicted molar refractivity (Wildman–Crippen MR) is 112 cm³/mol. The van der Waals surface area contributed by atoms with Gasteiger partial charge in [-0.2, -0.15) is 0 Å². The number of hydrogen-bond acceptors (Lipinski definition) is 4. The molecule has 0 heterocycles. The second-order valence-corrected chi connectivity index (χ2v) is 6.53. The van der Waals surface area contributed by atoms with Crippen molar-refractivity contribution in [3.63, 3.8) is 0 Å². The highest BCUT2D eigenvalue weighted by atomic mass is 19.1. The highest BCUT2D eigenvalue weighted by molar-refractivity contribution is 5.78. The number of benzene rings is 2. The van der Waals surface area contributed by atoms with Crippen LogP contribution in [0.5, 0.6) is 11.5 Å². The fourth-order valence-corrected chi connectivity index (χ4v) is 3.02. The second kappa shape index (κ2) is 11.6. The summed E-state index contributed by atoms with van der Waals surface area (Å²) in [6.45, 7) is 5.23. The first-order valence-corrected chi connectivity index (χ1v) is 9.90. The number of carbonyl (C=O) groups excluding carboxylic acids is 2. The van der Waals surface area contributed by atoms with E-state index in [0.717, 1.165) is 5.56 Å². The molecule has 0 aliphatic rings. The molecule has 0 radical (unpaired) electrons. The first kappa shape index (κ1) is 23.0. The summed E-state index contributed by atoms with van der Waals surface area (Å²) >= 11 is 0. The summed E-state index contributed by atoms with van der Waals surface area (Å²) in [7, 11) is 0. The Morgan fingerprint density at radius 1 is 1.07 bits per heavy atom. The number of nitrogens with one attached hydrogen (secondary N) is 2. The van der Waals surface area contributed by atoms with E-state index in [1.807, 2.05) is 32.0 Å². The van der Waals surface area contributed by atoms with Crippen molar-refractivity contribution in [2.45, 2.75) is 32.7 Å². The molecule has 4 N–H and O–H groups in total. The third-order valence-electron chi connectivity index (χ3n) is 4.33. The molecule has 0 saturated heterocycles. The number of nitrogens with two attached hydrogens (primary N) is 1. The Labute approximate surface area is 175 Å². The van der Waals surface area contributed by atoms with Crippen LogP contribution in [0, 0.1) is 5.82 Å². The zero-order valence-corrected chi connectivity index (χ0v) is 17.2. The summed E-state index contributed by atoms with van der Waals surface area (Å²) in [5.74, 6) is 0.501. The standard InChI is InChI=1S/C22H28FN3O4/c1-3-29-19-10-9-15(13-20(19)30-4-2)11-12-25-21(27)14-18(26-22(24)28)16-7-5-6-8-17(16)23/h5-10,13,18H,3-4,11-12,14H2,1-2H3,(H,25,27)(H3,24,26,28). The lowest BCUT2D eigenvalue weighted by Gasteiger charge is -2.18. The van der Waals surface area contributed by atoms with Crippen LogP contribution in [0.25, 0.3) is 0 Å². The van der Waals surface area contributed by atoms with Gasteiger partial charge in [0.25, 0.3) is 0 Å². The second-order valence-electron chi connectivity index (χ2n) is 6.53. The summed E-state index contributed by atoms with van der Waals surface area (Å²) in [4.78, 5) is 23.6. The third kappa shape index (κ3) is 6.95.